The van der Waals surface area contributed by atoms with Gasteiger partial charge in [-0.1, -0.05) is 18.2 Å². The lowest BCUT2D eigenvalue weighted by Crippen LogP contribution is -2.69. The number of fused-ring (bicyclic) bond motifs is 4. The molecular formula is C42H44FN9O3. The van der Waals surface area contributed by atoms with E-state index in [4.69, 9.17) is 15.6 Å². The SMILES string of the molecule is Nc1ncnc2c1c(-c1ccc(Oc3ccccc3)cc1)nn2C1CCC(CN2C3CC2CN(c2cc4c(cc2F)CN(C2CCC(=O)NC2=O)C4)C3)CC1. The summed E-state index contributed by atoms with van der Waals surface area (Å²) in [7, 11) is 0. The van der Waals surface area contributed by atoms with Crippen LogP contribution in [0.15, 0.2) is 73.1 Å². The van der Waals surface area contributed by atoms with Crippen molar-refractivity contribution in [2.24, 2.45) is 5.92 Å². The highest BCUT2D eigenvalue weighted by Crippen LogP contribution is 2.42. The number of halogens is 1. The van der Waals surface area contributed by atoms with Crippen molar-refractivity contribution in [1.82, 2.24) is 34.9 Å². The number of hydrogen-bond donors (Lipinski definition) is 2. The zero-order chi connectivity index (χ0) is 37.2. The maximum absolute atomic E-state index is 15.6. The van der Waals surface area contributed by atoms with Crippen LogP contribution in [0.1, 0.15) is 62.1 Å². The number of nitrogens with one attached hydrogen (secondary N) is 1. The molecule has 5 fully saturated rings. The number of hydrogen-bond acceptors (Lipinski definition) is 10. The van der Waals surface area contributed by atoms with Gasteiger partial charge in [-0.3, -0.25) is 24.7 Å². The van der Waals surface area contributed by atoms with Crippen LogP contribution in [0.25, 0.3) is 22.3 Å². The summed E-state index contributed by atoms with van der Waals surface area (Å²) in [5, 5.41) is 8.37. The largest absolute Gasteiger partial charge is 0.457 e. The molecule has 7 heterocycles. The molecule has 0 radical (unpaired) electrons. The summed E-state index contributed by atoms with van der Waals surface area (Å²) in [5.74, 6) is 1.90. The van der Waals surface area contributed by atoms with E-state index in [1.54, 1.807) is 6.07 Å². The molecule has 3 aromatic carbocycles. The lowest BCUT2D eigenvalue weighted by molar-refractivity contribution is -0.137. The molecular weight excluding hydrogens is 698 g/mol. The molecule has 13 heteroatoms. The minimum atomic E-state index is -0.350. The van der Waals surface area contributed by atoms with Crippen LogP contribution in [-0.4, -0.2) is 79.1 Å². The molecule has 5 aromatic rings. The Morgan fingerprint density at radius 1 is 0.855 bits per heavy atom. The van der Waals surface area contributed by atoms with Gasteiger partial charge in [0.1, 0.15) is 35.2 Å². The lowest BCUT2D eigenvalue weighted by Gasteiger charge is -2.58. The monoisotopic (exact) mass is 741 g/mol. The molecule has 4 saturated heterocycles. The van der Waals surface area contributed by atoms with Gasteiger partial charge >= 0.3 is 0 Å². The second-order valence-electron chi connectivity index (χ2n) is 16.0. The summed E-state index contributed by atoms with van der Waals surface area (Å²) in [4.78, 5) is 40.1. The Morgan fingerprint density at radius 2 is 1.58 bits per heavy atom. The fourth-order valence-electron chi connectivity index (χ4n) is 9.74. The number of nitrogens with zero attached hydrogens (tertiary/aromatic N) is 7. The van der Waals surface area contributed by atoms with Crippen LogP contribution in [0.5, 0.6) is 11.5 Å². The molecule has 0 spiro atoms. The van der Waals surface area contributed by atoms with E-state index in [0.29, 0.717) is 55.4 Å². The second kappa shape index (κ2) is 13.7. The number of benzene rings is 3. The number of anilines is 2. The van der Waals surface area contributed by atoms with Crippen molar-refractivity contribution in [3.05, 3.63) is 90.0 Å². The van der Waals surface area contributed by atoms with Crippen LogP contribution in [0, 0.1) is 11.7 Å². The van der Waals surface area contributed by atoms with Gasteiger partial charge in [-0.25, -0.2) is 19.0 Å². The third-order valence-electron chi connectivity index (χ3n) is 12.6. The number of aromatic nitrogens is 4. The quantitative estimate of drug-likeness (QED) is 0.187. The van der Waals surface area contributed by atoms with Crippen LogP contribution in [0.3, 0.4) is 0 Å². The Labute approximate surface area is 318 Å². The van der Waals surface area contributed by atoms with Crippen LogP contribution >= 0.6 is 0 Å². The van der Waals surface area contributed by atoms with Crippen LogP contribution in [0.2, 0.25) is 0 Å². The van der Waals surface area contributed by atoms with Crippen LogP contribution in [0.4, 0.5) is 15.9 Å². The highest BCUT2D eigenvalue weighted by Gasteiger charge is 2.46. The van der Waals surface area contributed by atoms with Crippen LogP contribution < -0.4 is 20.7 Å². The van der Waals surface area contributed by atoms with E-state index in [0.717, 1.165) is 96.7 Å². The van der Waals surface area contributed by atoms with E-state index < -0.39 is 0 Å². The summed E-state index contributed by atoms with van der Waals surface area (Å²) in [5.41, 5.74) is 11.6. The summed E-state index contributed by atoms with van der Waals surface area (Å²) >= 11 is 0. The number of rotatable bonds is 8. The third kappa shape index (κ3) is 6.28. The normalized spacial score (nSPS) is 25.5. The number of carbonyl (C=O) groups excluding carboxylic acids is 2. The number of carbonyl (C=O) groups is 2. The van der Waals surface area contributed by atoms with E-state index in [1.807, 2.05) is 60.7 Å². The van der Waals surface area contributed by atoms with Crippen molar-refractivity contribution in [1.29, 1.82) is 0 Å². The van der Waals surface area contributed by atoms with Crippen molar-refractivity contribution < 1.29 is 18.7 Å². The van der Waals surface area contributed by atoms with Gasteiger partial charge in [0.05, 0.1) is 23.2 Å². The predicted molar refractivity (Wildman–Crippen MR) is 206 cm³/mol. The number of para-hydroxylation sites is 1. The average Bonchev–Trinajstić information content (AvgIpc) is 3.80. The molecule has 3 N–H and O–H groups in total. The van der Waals surface area contributed by atoms with Gasteiger partial charge < -0.3 is 15.4 Å². The fraction of sp³-hybridized carbons (Fsp3) is 0.405. The van der Waals surface area contributed by atoms with Gasteiger partial charge in [0, 0.05) is 56.8 Å². The van der Waals surface area contributed by atoms with Gasteiger partial charge in [-0.15, -0.1) is 0 Å². The predicted octanol–water partition coefficient (Wildman–Crippen LogP) is 5.82. The molecule has 3 unspecified atom stereocenters. The molecule has 55 heavy (non-hydrogen) atoms. The molecule has 2 aromatic heterocycles. The van der Waals surface area contributed by atoms with Crippen LogP contribution in [-0.2, 0) is 22.7 Å². The molecule has 12 nitrogen and oxygen atoms in total. The molecule has 11 rings (SSSR count). The number of piperidine rings is 2. The number of nitrogens with two attached hydrogens (primary N) is 1. The number of amides is 2. The summed E-state index contributed by atoms with van der Waals surface area (Å²) in [6, 6.07) is 22.0. The number of ether oxygens (including phenoxy) is 1. The van der Waals surface area contributed by atoms with E-state index in [-0.39, 0.29) is 29.7 Å². The van der Waals surface area contributed by atoms with Crippen molar-refractivity contribution in [2.45, 2.75) is 82.2 Å². The standard InChI is InChI=1S/C42H44FN9O3/c43-34-16-27-20-49(35-14-15-37(53)47-42(35)54)21-28(27)17-36(34)50-22-30-18-31(23-50)51(30)19-25-6-10-29(11-7-25)52-41-38(40(44)45-24-46-41)39(48-52)26-8-12-33(13-9-26)55-32-4-2-1-3-5-32/h1-5,8-9,12-13,16-17,24-25,29-31,35H,6-7,10-11,14-15,18-23H2,(H2,44,45,46)(H,47,53,54). The Hall–Kier alpha value is -5.40. The average molecular weight is 742 g/mol. The first-order chi connectivity index (χ1) is 26.8. The molecule has 1 aliphatic carbocycles. The Bertz CT molecular complexity index is 2260. The van der Waals surface area contributed by atoms with Gasteiger partial charge in [0.15, 0.2) is 5.65 Å². The Balaban J connectivity index is 0.771. The van der Waals surface area contributed by atoms with Crippen molar-refractivity contribution in [2.75, 3.05) is 30.3 Å². The minimum absolute atomic E-state index is 0.189. The van der Waals surface area contributed by atoms with Crippen molar-refractivity contribution >= 4 is 34.4 Å². The summed E-state index contributed by atoms with van der Waals surface area (Å²) in [6.07, 6.45) is 7.77. The molecule has 2 bridgehead atoms. The first kappa shape index (κ1) is 34.1. The zero-order valence-electron chi connectivity index (χ0n) is 30.6. The molecule has 6 aliphatic rings. The minimum Gasteiger partial charge on any atom is -0.457 e. The molecule has 5 aliphatic heterocycles. The lowest BCUT2D eigenvalue weighted by atomic mass is 9.81. The van der Waals surface area contributed by atoms with E-state index >= 15 is 4.39 Å². The smallest absolute Gasteiger partial charge is 0.243 e. The van der Waals surface area contributed by atoms with Crippen molar-refractivity contribution in [3.8, 4) is 22.8 Å². The molecule has 1 saturated carbocycles. The number of nitrogen functional groups attached to an aromatic ring is 1. The highest BCUT2D eigenvalue weighted by molar-refractivity contribution is 6.00. The maximum atomic E-state index is 15.6. The van der Waals surface area contributed by atoms with E-state index in [2.05, 4.69) is 34.7 Å². The number of piperazine rings is 1. The third-order valence-corrected chi connectivity index (χ3v) is 12.6. The maximum Gasteiger partial charge on any atom is 0.243 e. The second-order valence-corrected chi connectivity index (χ2v) is 16.0. The van der Waals surface area contributed by atoms with Crippen molar-refractivity contribution in [3.63, 3.8) is 0 Å². The molecule has 2 amide bonds. The first-order valence-corrected chi connectivity index (χ1v) is 19.6. The Morgan fingerprint density at radius 3 is 2.33 bits per heavy atom. The fourth-order valence-corrected chi connectivity index (χ4v) is 9.74. The summed E-state index contributed by atoms with van der Waals surface area (Å²) in [6.45, 7) is 3.83. The van der Waals surface area contributed by atoms with E-state index in [1.165, 1.54) is 6.33 Å². The van der Waals surface area contributed by atoms with Gasteiger partial charge in [0.2, 0.25) is 11.8 Å². The molecule has 3 atom stereocenters. The zero-order valence-corrected chi connectivity index (χ0v) is 30.6. The highest BCUT2D eigenvalue weighted by atomic mass is 19.1. The topological polar surface area (TPSA) is 135 Å². The molecule has 282 valence electrons. The summed E-state index contributed by atoms with van der Waals surface area (Å²) < 4.78 is 23.7. The van der Waals surface area contributed by atoms with Gasteiger partial charge in [0.25, 0.3) is 0 Å². The number of imide groups is 1. The van der Waals surface area contributed by atoms with Gasteiger partial charge in [-0.05, 0) is 104 Å². The van der Waals surface area contributed by atoms with Gasteiger partial charge in [-0.2, -0.15) is 5.10 Å². The van der Waals surface area contributed by atoms with E-state index in [9.17, 15) is 9.59 Å². The Kier molecular flexibility index (Phi) is 8.51. The first-order valence-electron chi connectivity index (χ1n) is 19.6.